The molecule has 1 aromatic heterocycles. The zero-order chi connectivity index (χ0) is 29.0. The van der Waals surface area contributed by atoms with E-state index >= 15 is 0 Å². The molecule has 3 aromatic rings. The fraction of sp³-hybridized carbons (Fsp3) is 0.448. The Bertz CT molecular complexity index is 1470. The molecule has 1 saturated carbocycles. The topological polar surface area (TPSA) is 109 Å². The number of rotatable bonds is 11. The summed E-state index contributed by atoms with van der Waals surface area (Å²) in [5.41, 5.74) is 1.13. The van der Waals surface area contributed by atoms with Gasteiger partial charge in [-0.2, -0.15) is 4.98 Å². The first-order valence-electron chi connectivity index (χ1n) is 14.0. The smallest absolute Gasteiger partial charge is 0.242 e. The van der Waals surface area contributed by atoms with Crippen molar-refractivity contribution in [2.45, 2.75) is 56.1 Å². The van der Waals surface area contributed by atoms with Crippen molar-refractivity contribution in [3.8, 4) is 11.5 Å². The Morgan fingerprint density at radius 3 is 2.66 bits per heavy atom. The predicted molar refractivity (Wildman–Crippen MR) is 162 cm³/mol. The number of likely N-dealkylation sites (N-methyl/N-ethyl adjacent to an activating group) is 1. The maximum absolute atomic E-state index is 13.3. The summed E-state index contributed by atoms with van der Waals surface area (Å²) in [6, 6.07) is 12.4. The minimum absolute atomic E-state index is 0.0485. The van der Waals surface area contributed by atoms with Gasteiger partial charge in [-0.25, -0.2) is 18.1 Å². The summed E-state index contributed by atoms with van der Waals surface area (Å²) in [4.78, 5) is 13.1. The van der Waals surface area contributed by atoms with Crippen LogP contribution in [0.2, 0.25) is 5.02 Å². The third-order valence-electron chi connectivity index (χ3n) is 7.39. The van der Waals surface area contributed by atoms with E-state index in [-0.39, 0.29) is 28.0 Å². The normalized spacial score (nSPS) is 18.0. The number of likely N-dealkylation sites (tertiary alicyclic amines) is 1. The number of hydrogen-bond acceptors (Lipinski definition) is 9. The molecule has 0 amide bonds. The summed E-state index contributed by atoms with van der Waals surface area (Å²) < 4.78 is 41.6. The highest BCUT2D eigenvalue weighted by Crippen LogP contribution is 2.36. The van der Waals surface area contributed by atoms with Crippen LogP contribution in [0.5, 0.6) is 11.5 Å². The van der Waals surface area contributed by atoms with E-state index in [0.717, 1.165) is 50.9 Å². The molecule has 0 radical (unpaired) electrons. The number of halogens is 1. The van der Waals surface area contributed by atoms with Gasteiger partial charge in [0, 0.05) is 32.2 Å². The fourth-order valence-electron chi connectivity index (χ4n) is 5.31. The second-order valence-electron chi connectivity index (χ2n) is 10.5. The Hall–Kier alpha value is -3.12. The average Bonchev–Trinajstić information content (AvgIpc) is 3.62. The van der Waals surface area contributed by atoms with Crippen LogP contribution in [0.1, 0.15) is 39.0 Å². The number of hydrogen-bond donors (Lipinski definition) is 2. The van der Waals surface area contributed by atoms with Gasteiger partial charge in [-0.05, 0) is 57.5 Å². The van der Waals surface area contributed by atoms with E-state index in [1.54, 1.807) is 36.2 Å². The second-order valence-corrected chi connectivity index (χ2v) is 12.6. The molecule has 1 aliphatic heterocycles. The number of benzene rings is 2. The van der Waals surface area contributed by atoms with Crippen molar-refractivity contribution in [1.29, 1.82) is 0 Å². The van der Waals surface area contributed by atoms with Gasteiger partial charge in [0.15, 0.2) is 5.82 Å². The van der Waals surface area contributed by atoms with Crippen molar-refractivity contribution in [2.75, 3.05) is 44.0 Å². The molecule has 1 aliphatic carbocycles. The molecule has 0 unspecified atom stereocenters. The lowest BCUT2D eigenvalue weighted by molar-refractivity contribution is 0.207. The van der Waals surface area contributed by atoms with Crippen LogP contribution in [0.25, 0.3) is 0 Å². The Morgan fingerprint density at radius 1 is 1.15 bits per heavy atom. The van der Waals surface area contributed by atoms with Crippen molar-refractivity contribution in [3.05, 3.63) is 53.7 Å². The molecule has 10 nitrogen and oxygen atoms in total. The SMILES string of the molecule is CCOc1cc(O[C@@H]2CCN(C)C2)ccc1Nc1ncc(Cl)c(N(C)c2ccccc2S(=O)(=O)NC2CCCC2)n1. The minimum Gasteiger partial charge on any atom is -0.492 e. The second kappa shape index (κ2) is 12.8. The van der Waals surface area contributed by atoms with Crippen molar-refractivity contribution in [1.82, 2.24) is 19.6 Å². The van der Waals surface area contributed by atoms with Crippen LogP contribution in [0.3, 0.4) is 0 Å². The van der Waals surface area contributed by atoms with E-state index in [2.05, 4.69) is 32.0 Å². The van der Waals surface area contributed by atoms with Crippen LogP contribution in [0.4, 0.5) is 23.1 Å². The quantitative estimate of drug-likeness (QED) is 0.301. The van der Waals surface area contributed by atoms with Gasteiger partial charge in [-0.15, -0.1) is 0 Å². The molecule has 2 N–H and O–H groups in total. The largest absolute Gasteiger partial charge is 0.492 e. The number of sulfonamides is 1. The summed E-state index contributed by atoms with van der Waals surface area (Å²) in [5.74, 6) is 1.99. The molecule has 1 atom stereocenters. The summed E-state index contributed by atoms with van der Waals surface area (Å²) in [6.45, 7) is 4.29. The van der Waals surface area contributed by atoms with Crippen molar-refractivity contribution in [2.24, 2.45) is 0 Å². The molecule has 12 heteroatoms. The Labute approximate surface area is 247 Å². The molecule has 2 fully saturated rings. The Morgan fingerprint density at radius 2 is 1.93 bits per heavy atom. The lowest BCUT2D eigenvalue weighted by Gasteiger charge is -2.23. The van der Waals surface area contributed by atoms with E-state index in [1.807, 2.05) is 25.1 Å². The number of nitrogens with one attached hydrogen (secondary N) is 2. The number of nitrogens with zero attached hydrogens (tertiary/aromatic N) is 4. The van der Waals surface area contributed by atoms with E-state index in [1.165, 1.54) is 6.20 Å². The molecule has 41 heavy (non-hydrogen) atoms. The molecule has 2 aliphatic rings. The maximum atomic E-state index is 13.3. The average molecular weight is 601 g/mol. The lowest BCUT2D eigenvalue weighted by atomic mass is 10.2. The Kier molecular flexibility index (Phi) is 9.18. The van der Waals surface area contributed by atoms with Gasteiger partial charge >= 0.3 is 0 Å². The first-order chi connectivity index (χ1) is 19.7. The van der Waals surface area contributed by atoms with Crippen LogP contribution in [-0.4, -0.2) is 69.2 Å². The van der Waals surface area contributed by atoms with Crippen LogP contribution in [0, 0.1) is 0 Å². The van der Waals surface area contributed by atoms with Gasteiger partial charge in [-0.3, -0.25) is 0 Å². The molecule has 2 aromatic carbocycles. The van der Waals surface area contributed by atoms with Crippen LogP contribution < -0.4 is 24.4 Å². The van der Waals surface area contributed by atoms with Gasteiger partial charge in [0.05, 0.1) is 24.2 Å². The number of para-hydroxylation sites is 1. The summed E-state index contributed by atoms with van der Waals surface area (Å²) >= 11 is 6.54. The minimum atomic E-state index is -3.75. The van der Waals surface area contributed by atoms with Crippen molar-refractivity contribution >= 4 is 44.8 Å². The van der Waals surface area contributed by atoms with E-state index < -0.39 is 10.0 Å². The third-order valence-corrected chi connectivity index (χ3v) is 9.22. The lowest BCUT2D eigenvalue weighted by Crippen LogP contribution is -2.33. The third kappa shape index (κ3) is 7.03. The van der Waals surface area contributed by atoms with E-state index in [9.17, 15) is 8.42 Å². The van der Waals surface area contributed by atoms with Gasteiger partial charge in [0.2, 0.25) is 16.0 Å². The van der Waals surface area contributed by atoms with Gasteiger partial charge in [-0.1, -0.05) is 36.6 Å². The first kappa shape index (κ1) is 29.4. The highest BCUT2D eigenvalue weighted by Gasteiger charge is 2.27. The molecule has 1 saturated heterocycles. The zero-order valence-electron chi connectivity index (χ0n) is 23.6. The predicted octanol–water partition coefficient (Wildman–Crippen LogP) is 5.34. The highest BCUT2D eigenvalue weighted by molar-refractivity contribution is 7.89. The standard InChI is InChI=1S/C29H37ClN6O4S/c1-4-39-26-17-21(40-22-15-16-35(2)19-22)13-14-24(26)32-29-31-18-23(30)28(33-29)36(3)25-11-7-8-12-27(25)41(37,38)34-20-9-5-6-10-20/h7-8,11-14,17-18,20,22,34H,4-6,9-10,15-16,19H2,1-3H3,(H,31,32,33)/t22-/m1/s1. The monoisotopic (exact) mass is 600 g/mol. The van der Waals surface area contributed by atoms with Gasteiger partial charge < -0.3 is 24.6 Å². The number of ether oxygens (including phenoxy) is 2. The molecular weight excluding hydrogens is 564 g/mol. The van der Waals surface area contributed by atoms with Crippen LogP contribution >= 0.6 is 11.6 Å². The summed E-state index contributed by atoms with van der Waals surface area (Å²) in [6.07, 6.45) is 6.37. The Balaban J connectivity index is 1.38. The molecule has 220 valence electrons. The molecule has 0 bridgehead atoms. The summed E-state index contributed by atoms with van der Waals surface area (Å²) in [5, 5.41) is 3.51. The molecule has 0 spiro atoms. The molecular formula is C29H37ClN6O4S. The van der Waals surface area contributed by atoms with E-state index in [0.29, 0.717) is 29.5 Å². The zero-order valence-corrected chi connectivity index (χ0v) is 25.2. The van der Waals surface area contributed by atoms with Crippen LogP contribution in [0.15, 0.2) is 53.6 Å². The van der Waals surface area contributed by atoms with Crippen LogP contribution in [-0.2, 0) is 10.0 Å². The first-order valence-corrected chi connectivity index (χ1v) is 15.9. The highest BCUT2D eigenvalue weighted by atomic mass is 35.5. The maximum Gasteiger partial charge on any atom is 0.242 e. The number of anilines is 4. The van der Waals surface area contributed by atoms with Gasteiger partial charge in [0.1, 0.15) is 27.5 Å². The summed E-state index contributed by atoms with van der Waals surface area (Å²) in [7, 11) is 0.0725. The molecule has 2 heterocycles. The fourth-order valence-corrected chi connectivity index (χ4v) is 7.07. The number of aromatic nitrogens is 2. The van der Waals surface area contributed by atoms with Gasteiger partial charge in [0.25, 0.3) is 0 Å². The molecule has 5 rings (SSSR count). The van der Waals surface area contributed by atoms with E-state index in [4.69, 9.17) is 21.1 Å². The van der Waals surface area contributed by atoms with Crippen molar-refractivity contribution < 1.29 is 17.9 Å². The van der Waals surface area contributed by atoms with Crippen molar-refractivity contribution in [3.63, 3.8) is 0 Å².